The Bertz CT molecular complexity index is 1330. The van der Waals surface area contributed by atoms with E-state index in [1.165, 1.54) is 30.3 Å². The zero-order valence-corrected chi connectivity index (χ0v) is 21.7. The fourth-order valence-electron chi connectivity index (χ4n) is 3.09. The first-order chi connectivity index (χ1) is 17.1. The summed E-state index contributed by atoms with van der Waals surface area (Å²) in [7, 11) is -4.00. The molecular formula is C24H23F2N3O4S3. The van der Waals surface area contributed by atoms with E-state index < -0.39 is 21.7 Å². The molecule has 36 heavy (non-hydrogen) atoms. The SMILES string of the molecule is CCOc1ccc(C(=O)NC(=S)Nc2ccc(C)c(S(=O)(=O)Nc3ccc(SC(F)F)cc3)c2)cc1. The highest BCUT2D eigenvalue weighted by molar-refractivity contribution is 7.99. The van der Waals surface area contributed by atoms with Crippen LogP contribution < -0.4 is 20.1 Å². The quantitative estimate of drug-likeness (QED) is 0.234. The second-order valence-corrected chi connectivity index (χ2v) is 10.5. The fraction of sp³-hybridized carbons (Fsp3) is 0.167. The molecule has 3 rings (SSSR count). The molecule has 0 aromatic heterocycles. The van der Waals surface area contributed by atoms with Gasteiger partial charge in [0.15, 0.2) is 5.11 Å². The predicted molar refractivity (Wildman–Crippen MR) is 142 cm³/mol. The van der Waals surface area contributed by atoms with Crippen molar-refractivity contribution in [3.05, 3.63) is 77.9 Å². The van der Waals surface area contributed by atoms with Gasteiger partial charge in [-0.05, 0) is 92.3 Å². The van der Waals surface area contributed by atoms with Crippen molar-refractivity contribution in [1.82, 2.24) is 5.32 Å². The number of alkyl halides is 2. The smallest absolute Gasteiger partial charge is 0.288 e. The van der Waals surface area contributed by atoms with Crippen LogP contribution in [0.1, 0.15) is 22.8 Å². The lowest BCUT2D eigenvalue weighted by Gasteiger charge is -2.14. The van der Waals surface area contributed by atoms with Gasteiger partial charge >= 0.3 is 0 Å². The normalized spacial score (nSPS) is 11.1. The Hall–Kier alpha value is -3.22. The van der Waals surface area contributed by atoms with Gasteiger partial charge in [-0.1, -0.05) is 17.8 Å². The number of carbonyl (C=O) groups excluding carboxylic acids is 1. The average molecular weight is 552 g/mol. The Labute approximate surface area is 217 Å². The molecule has 0 aliphatic heterocycles. The Morgan fingerprint density at radius 3 is 2.28 bits per heavy atom. The van der Waals surface area contributed by atoms with Crippen LogP contribution in [0.4, 0.5) is 20.2 Å². The number of anilines is 2. The number of carbonyl (C=O) groups is 1. The molecule has 1 amide bonds. The van der Waals surface area contributed by atoms with E-state index in [1.807, 2.05) is 6.92 Å². The van der Waals surface area contributed by atoms with Gasteiger partial charge in [0, 0.05) is 21.8 Å². The number of benzene rings is 3. The highest BCUT2D eigenvalue weighted by Gasteiger charge is 2.19. The van der Waals surface area contributed by atoms with Crippen LogP contribution >= 0.6 is 24.0 Å². The molecule has 3 N–H and O–H groups in total. The van der Waals surface area contributed by atoms with Crippen molar-refractivity contribution < 1.29 is 26.7 Å². The first kappa shape index (κ1) is 27.4. The summed E-state index contributed by atoms with van der Waals surface area (Å²) in [6.45, 7) is 4.00. The molecule has 0 bridgehead atoms. The molecule has 0 unspecified atom stereocenters. The third kappa shape index (κ3) is 7.64. The molecule has 0 radical (unpaired) electrons. The second-order valence-electron chi connectivity index (χ2n) is 7.35. The van der Waals surface area contributed by atoms with Gasteiger partial charge < -0.3 is 10.1 Å². The van der Waals surface area contributed by atoms with Crippen molar-refractivity contribution in [3.8, 4) is 5.75 Å². The van der Waals surface area contributed by atoms with Crippen LogP contribution in [0.5, 0.6) is 5.75 Å². The number of nitrogens with one attached hydrogen (secondary N) is 3. The van der Waals surface area contributed by atoms with Crippen LogP contribution in [0.25, 0.3) is 0 Å². The first-order valence-corrected chi connectivity index (χ1v) is 13.4. The van der Waals surface area contributed by atoms with Crippen LogP contribution in [0, 0.1) is 6.92 Å². The topological polar surface area (TPSA) is 96.5 Å². The van der Waals surface area contributed by atoms with Gasteiger partial charge in [-0.15, -0.1) is 0 Å². The van der Waals surface area contributed by atoms with Crippen LogP contribution in [-0.2, 0) is 10.0 Å². The molecule has 190 valence electrons. The number of amides is 1. The van der Waals surface area contributed by atoms with Crippen molar-refractivity contribution in [1.29, 1.82) is 0 Å². The number of rotatable bonds is 9. The van der Waals surface area contributed by atoms with Gasteiger partial charge in [-0.3, -0.25) is 14.8 Å². The van der Waals surface area contributed by atoms with Gasteiger partial charge in [-0.2, -0.15) is 8.78 Å². The summed E-state index contributed by atoms with van der Waals surface area (Å²) in [5, 5.41) is 5.35. The van der Waals surface area contributed by atoms with Crippen LogP contribution in [-0.4, -0.2) is 31.8 Å². The van der Waals surface area contributed by atoms with Crippen LogP contribution in [0.3, 0.4) is 0 Å². The summed E-state index contributed by atoms with van der Waals surface area (Å²) in [5.41, 5.74) is 1.42. The summed E-state index contributed by atoms with van der Waals surface area (Å²) >= 11 is 5.58. The molecule has 0 atom stereocenters. The maximum Gasteiger partial charge on any atom is 0.288 e. The minimum Gasteiger partial charge on any atom is -0.494 e. The van der Waals surface area contributed by atoms with E-state index in [0.717, 1.165) is 0 Å². The largest absolute Gasteiger partial charge is 0.494 e. The summed E-state index contributed by atoms with van der Waals surface area (Å²) in [4.78, 5) is 12.8. The van der Waals surface area contributed by atoms with Gasteiger partial charge in [0.2, 0.25) is 0 Å². The lowest BCUT2D eigenvalue weighted by atomic mass is 10.2. The number of sulfonamides is 1. The monoisotopic (exact) mass is 551 g/mol. The molecule has 0 saturated heterocycles. The lowest BCUT2D eigenvalue weighted by molar-refractivity contribution is 0.0977. The van der Waals surface area contributed by atoms with Crippen LogP contribution in [0.2, 0.25) is 0 Å². The number of thioether (sulfide) groups is 1. The van der Waals surface area contributed by atoms with Gasteiger partial charge in [-0.25, -0.2) is 8.42 Å². The van der Waals surface area contributed by atoms with Gasteiger partial charge in [0.25, 0.3) is 21.7 Å². The minimum atomic E-state index is -4.00. The molecule has 3 aromatic carbocycles. The standard InChI is InChI=1S/C24H23F2N3O4S3/c1-3-33-19-10-5-16(6-11-19)22(30)28-24(34)27-18-7-4-15(2)21(14-18)36(31,32)29-17-8-12-20(13-9-17)35-23(25)26/h4-14,23,29H,3H2,1-2H3,(H2,27,28,30,34). The third-order valence-corrected chi connectivity index (χ3v) is 7.17. The second kappa shape index (κ2) is 12.2. The molecule has 0 heterocycles. The fourth-order valence-corrected chi connectivity index (χ4v) is 5.13. The molecule has 0 aliphatic rings. The molecule has 0 spiro atoms. The minimum absolute atomic E-state index is 0.0128. The van der Waals surface area contributed by atoms with E-state index in [1.54, 1.807) is 43.3 Å². The Kier molecular flexibility index (Phi) is 9.24. The number of ether oxygens (including phenoxy) is 1. The summed E-state index contributed by atoms with van der Waals surface area (Å²) in [6, 6.07) is 16.8. The maximum absolute atomic E-state index is 13.0. The molecule has 0 aliphatic carbocycles. The summed E-state index contributed by atoms with van der Waals surface area (Å²) in [5.74, 6) is -2.37. The van der Waals surface area contributed by atoms with Crippen molar-refractivity contribution >= 4 is 56.4 Å². The molecule has 0 fully saturated rings. The van der Waals surface area contributed by atoms with E-state index in [-0.39, 0.29) is 15.7 Å². The van der Waals surface area contributed by atoms with E-state index in [9.17, 15) is 22.0 Å². The van der Waals surface area contributed by atoms with Crippen LogP contribution in [0.15, 0.2) is 76.5 Å². The number of thiocarbonyl (C=S) groups is 1. The summed E-state index contributed by atoms with van der Waals surface area (Å²) < 4.78 is 58.7. The van der Waals surface area contributed by atoms with Crippen molar-refractivity contribution in [2.45, 2.75) is 29.4 Å². The van der Waals surface area contributed by atoms with Crippen molar-refractivity contribution in [2.75, 3.05) is 16.6 Å². The van der Waals surface area contributed by atoms with Crippen molar-refractivity contribution in [2.24, 2.45) is 0 Å². The average Bonchev–Trinajstić information content (AvgIpc) is 2.81. The van der Waals surface area contributed by atoms with E-state index in [2.05, 4.69) is 15.4 Å². The predicted octanol–water partition coefficient (Wildman–Crippen LogP) is 5.64. The van der Waals surface area contributed by atoms with E-state index in [0.29, 0.717) is 45.8 Å². The number of aryl methyl sites for hydroxylation is 1. The zero-order valence-electron chi connectivity index (χ0n) is 19.2. The molecule has 0 saturated carbocycles. The van der Waals surface area contributed by atoms with Gasteiger partial charge in [0.05, 0.1) is 11.5 Å². The molecule has 7 nitrogen and oxygen atoms in total. The Balaban J connectivity index is 1.68. The Morgan fingerprint density at radius 1 is 1.03 bits per heavy atom. The molecule has 12 heteroatoms. The molecule has 3 aromatic rings. The zero-order chi connectivity index (χ0) is 26.3. The van der Waals surface area contributed by atoms with Crippen molar-refractivity contribution in [3.63, 3.8) is 0 Å². The number of halogens is 2. The molecular weight excluding hydrogens is 528 g/mol. The number of hydrogen-bond donors (Lipinski definition) is 3. The Morgan fingerprint density at radius 2 is 1.67 bits per heavy atom. The maximum atomic E-state index is 13.0. The highest BCUT2D eigenvalue weighted by Crippen LogP contribution is 2.28. The van der Waals surface area contributed by atoms with Gasteiger partial charge in [0.1, 0.15) is 5.75 Å². The van der Waals surface area contributed by atoms with E-state index >= 15 is 0 Å². The lowest BCUT2D eigenvalue weighted by Crippen LogP contribution is -2.34. The third-order valence-electron chi connectivity index (χ3n) is 4.72. The van der Waals surface area contributed by atoms with E-state index in [4.69, 9.17) is 17.0 Å². The highest BCUT2D eigenvalue weighted by atomic mass is 32.2. The number of hydrogen-bond acceptors (Lipinski definition) is 6. The summed E-state index contributed by atoms with van der Waals surface area (Å²) in [6.07, 6.45) is 0. The first-order valence-electron chi connectivity index (χ1n) is 10.6.